The summed E-state index contributed by atoms with van der Waals surface area (Å²) in [6.07, 6.45) is 2.89. The highest BCUT2D eigenvalue weighted by Gasteiger charge is 2.47. The van der Waals surface area contributed by atoms with E-state index in [1.807, 2.05) is 0 Å². The maximum Gasteiger partial charge on any atom is 0.236 e. The smallest absolute Gasteiger partial charge is 0.236 e. The van der Waals surface area contributed by atoms with Crippen molar-refractivity contribution in [1.29, 1.82) is 0 Å². The quantitative estimate of drug-likeness (QED) is 0.710. The second-order valence-electron chi connectivity index (χ2n) is 5.04. The lowest BCUT2D eigenvalue weighted by atomic mass is 9.78. The summed E-state index contributed by atoms with van der Waals surface area (Å²) in [6, 6.07) is -0.0773. The number of nitrogens with two attached hydrogens (primary N) is 1. The molecule has 0 aromatic carbocycles. The molecule has 2 saturated heterocycles. The summed E-state index contributed by atoms with van der Waals surface area (Å²) in [4.78, 5) is 14.7. The van der Waals surface area contributed by atoms with E-state index in [0.29, 0.717) is 32.6 Å². The molecule has 102 valence electrons. The van der Waals surface area contributed by atoms with Gasteiger partial charge in [0.1, 0.15) is 5.41 Å². The van der Waals surface area contributed by atoms with Gasteiger partial charge in [0, 0.05) is 19.8 Å². The Balaban J connectivity index is 2.20. The monoisotopic (exact) mass is 272 g/mol. The van der Waals surface area contributed by atoms with Crippen molar-refractivity contribution in [3.8, 4) is 0 Å². The molecule has 2 heterocycles. The number of nitrogens with zero attached hydrogens (tertiary/aromatic N) is 1. The van der Waals surface area contributed by atoms with Gasteiger partial charge in [-0.05, 0) is 25.7 Å². The van der Waals surface area contributed by atoms with Gasteiger partial charge in [0.2, 0.25) is 5.91 Å². The molecule has 0 saturated carbocycles. The van der Waals surface area contributed by atoms with Crippen molar-refractivity contribution in [3.05, 3.63) is 0 Å². The van der Waals surface area contributed by atoms with Crippen LogP contribution < -0.4 is 5.73 Å². The van der Waals surface area contributed by atoms with E-state index in [9.17, 15) is 9.90 Å². The number of thiocarbonyl (C=S) groups is 1. The van der Waals surface area contributed by atoms with Gasteiger partial charge in [-0.3, -0.25) is 4.79 Å². The SMILES string of the molecule is NC(=S)C1(C(=O)N2CCCC2CO)CCOCC1. The topological polar surface area (TPSA) is 75.8 Å². The molecule has 1 atom stereocenters. The first-order valence-corrected chi connectivity index (χ1v) is 6.82. The van der Waals surface area contributed by atoms with E-state index >= 15 is 0 Å². The summed E-state index contributed by atoms with van der Waals surface area (Å²) in [5, 5.41) is 9.32. The first-order chi connectivity index (χ1) is 8.62. The number of aliphatic hydroxyl groups excluding tert-OH is 1. The second kappa shape index (κ2) is 5.50. The molecule has 0 bridgehead atoms. The number of carbonyl (C=O) groups is 1. The van der Waals surface area contributed by atoms with Crippen LogP contribution in [0.3, 0.4) is 0 Å². The lowest BCUT2D eigenvalue weighted by molar-refractivity contribution is -0.144. The average molecular weight is 272 g/mol. The molecular formula is C12H20N2O3S. The summed E-state index contributed by atoms with van der Waals surface area (Å²) >= 11 is 5.13. The van der Waals surface area contributed by atoms with Crippen molar-refractivity contribution in [3.63, 3.8) is 0 Å². The van der Waals surface area contributed by atoms with E-state index in [-0.39, 0.29) is 23.5 Å². The van der Waals surface area contributed by atoms with E-state index in [0.717, 1.165) is 12.8 Å². The lowest BCUT2D eigenvalue weighted by Gasteiger charge is -2.39. The van der Waals surface area contributed by atoms with E-state index < -0.39 is 5.41 Å². The van der Waals surface area contributed by atoms with Crippen LogP contribution >= 0.6 is 12.2 Å². The molecule has 5 nitrogen and oxygen atoms in total. The van der Waals surface area contributed by atoms with Gasteiger partial charge in [-0.1, -0.05) is 12.2 Å². The Morgan fingerprint density at radius 2 is 2.17 bits per heavy atom. The Kier molecular flexibility index (Phi) is 4.19. The van der Waals surface area contributed by atoms with Crippen LogP contribution in [0, 0.1) is 5.41 Å². The van der Waals surface area contributed by atoms with Crippen molar-refractivity contribution in [2.75, 3.05) is 26.4 Å². The predicted octanol–water partition coefficient (Wildman–Crippen LogP) is 0.0526. The minimum absolute atomic E-state index is 0.00958. The number of hydrogen-bond donors (Lipinski definition) is 2. The third kappa shape index (κ3) is 2.24. The van der Waals surface area contributed by atoms with Gasteiger partial charge in [-0.15, -0.1) is 0 Å². The molecule has 1 amide bonds. The Morgan fingerprint density at radius 1 is 1.50 bits per heavy atom. The van der Waals surface area contributed by atoms with Crippen molar-refractivity contribution >= 4 is 23.1 Å². The number of ether oxygens (including phenoxy) is 1. The maximum absolute atomic E-state index is 12.7. The fraction of sp³-hybridized carbons (Fsp3) is 0.833. The molecule has 6 heteroatoms. The van der Waals surface area contributed by atoms with Gasteiger partial charge in [0.05, 0.1) is 17.6 Å². The van der Waals surface area contributed by atoms with Gasteiger partial charge in [0.15, 0.2) is 0 Å². The third-order valence-electron chi connectivity index (χ3n) is 4.08. The molecule has 0 aromatic heterocycles. The minimum atomic E-state index is -0.759. The van der Waals surface area contributed by atoms with Crippen molar-refractivity contribution in [2.24, 2.45) is 11.1 Å². The highest BCUT2D eigenvalue weighted by molar-refractivity contribution is 7.80. The largest absolute Gasteiger partial charge is 0.394 e. The fourth-order valence-corrected chi connectivity index (χ4v) is 3.14. The molecule has 0 aromatic rings. The van der Waals surface area contributed by atoms with Gasteiger partial charge < -0.3 is 20.5 Å². The van der Waals surface area contributed by atoms with Crippen LogP contribution in [0.2, 0.25) is 0 Å². The Morgan fingerprint density at radius 3 is 2.72 bits per heavy atom. The highest BCUT2D eigenvalue weighted by Crippen LogP contribution is 2.35. The summed E-state index contributed by atoms with van der Waals surface area (Å²) < 4.78 is 5.31. The number of rotatable bonds is 3. The van der Waals surface area contributed by atoms with E-state index in [2.05, 4.69) is 0 Å². The Hall–Kier alpha value is -0.720. The van der Waals surface area contributed by atoms with Crippen molar-refractivity contribution in [1.82, 2.24) is 4.90 Å². The minimum Gasteiger partial charge on any atom is -0.394 e. The first-order valence-electron chi connectivity index (χ1n) is 6.41. The zero-order valence-corrected chi connectivity index (χ0v) is 11.2. The Labute approximate surface area is 112 Å². The summed E-state index contributed by atoms with van der Waals surface area (Å²) in [5.41, 5.74) is 5.06. The average Bonchev–Trinajstić information content (AvgIpc) is 2.86. The van der Waals surface area contributed by atoms with Crippen LogP contribution in [-0.4, -0.2) is 53.3 Å². The number of aliphatic hydroxyl groups is 1. The van der Waals surface area contributed by atoms with Crippen molar-refractivity contribution in [2.45, 2.75) is 31.7 Å². The van der Waals surface area contributed by atoms with Gasteiger partial charge in [-0.2, -0.15) is 0 Å². The lowest BCUT2D eigenvalue weighted by Crippen LogP contribution is -2.54. The molecule has 2 fully saturated rings. The predicted molar refractivity (Wildman–Crippen MR) is 71.1 cm³/mol. The molecule has 2 aliphatic heterocycles. The second-order valence-corrected chi connectivity index (χ2v) is 5.48. The molecule has 18 heavy (non-hydrogen) atoms. The fourth-order valence-electron chi connectivity index (χ4n) is 2.85. The molecule has 0 aliphatic carbocycles. The zero-order valence-electron chi connectivity index (χ0n) is 10.4. The molecule has 1 unspecified atom stereocenters. The highest BCUT2D eigenvalue weighted by atomic mass is 32.1. The van der Waals surface area contributed by atoms with Gasteiger partial charge in [-0.25, -0.2) is 0 Å². The summed E-state index contributed by atoms with van der Waals surface area (Å²) in [5.74, 6) is -0.0187. The molecule has 2 aliphatic rings. The molecular weight excluding hydrogens is 252 g/mol. The van der Waals surface area contributed by atoms with Crippen LogP contribution in [0.4, 0.5) is 0 Å². The molecule has 0 radical (unpaired) electrons. The van der Waals surface area contributed by atoms with E-state index in [4.69, 9.17) is 22.7 Å². The maximum atomic E-state index is 12.7. The van der Waals surface area contributed by atoms with Crippen LogP contribution in [-0.2, 0) is 9.53 Å². The van der Waals surface area contributed by atoms with Crippen molar-refractivity contribution < 1.29 is 14.6 Å². The van der Waals surface area contributed by atoms with Crippen LogP contribution in [0.15, 0.2) is 0 Å². The van der Waals surface area contributed by atoms with Gasteiger partial charge in [0.25, 0.3) is 0 Å². The van der Waals surface area contributed by atoms with E-state index in [1.165, 1.54) is 0 Å². The summed E-state index contributed by atoms with van der Waals surface area (Å²) in [7, 11) is 0. The summed E-state index contributed by atoms with van der Waals surface area (Å²) in [6.45, 7) is 1.73. The third-order valence-corrected chi connectivity index (χ3v) is 4.47. The number of carbonyl (C=O) groups excluding carboxylic acids is 1. The molecule has 2 rings (SSSR count). The Bertz CT molecular complexity index is 342. The normalized spacial score (nSPS) is 27.2. The zero-order chi connectivity index (χ0) is 13.2. The number of amides is 1. The van der Waals surface area contributed by atoms with Crippen LogP contribution in [0.5, 0.6) is 0 Å². The number of likely N-dealkylation sites (tertiary alicyclic amines) is 1. The standard InChI is InChI=1S/C12H20N2O3S/c13-10(18)12(3-6-17-7-4-12)11(16)14-5-1-2-9(14)8-15/h9,15H,1-8H2,(H2,13,18). The van der Waals surface area contributed by atoms with E-state index in [1.54, 1.807) is 4.90 Å². The molecule has 3 N–H and O–H groups in total. The molecule has 0 spiro atoms. The van der Waals surface area contributed by atoms with Crippen LogP contribution in [0.25, 0.3) is 0 Å². The van der Waals surface area contributed by atoms with Crippen LogP contribution in [0.1, 0.15) is 25.7 Å². The van der Waals surface area contributed by atoms with Gasteiger partial charge >= 0.3 is 0 Å². The number of hydrogen-bond acceptors (Lipinski definition) is 4. The first kappa shape index (κ1) is 13.7.